The van der Waals surface area contributed by atoms with Crippen LogP contribution in [0.5, 0.6) is 0 Å². The predicted octanol–water partition coefficient (Wildman–Crippen LogP) is 19.5. The number of carbonyl (C=O) groups is 2. The van der Waals surface area contributed by atoms with Crippen LogP contribution in [0.1, 0.15) is 361 Å². The number of carbonyl (C=O) groups excluding carboxylic acids is 2. The van der Waals surface area contributed by atoms with Gasteiger partial charge in [0.2, 0.25) is 5.91 Å². The van der Waals surface area contributed by atoms with E-state index >= 15 is 0 Å². The monoisotopic (exact) mass is 962 g/mol. The minimum absolute atomic E-state index is 0.00901. The standard InChI is InChI=1S/C62H123NO5/c1-3-5-7-9-11-13-15-17-19-20-21-22-24-27-30-34-38-42-46-50-54-60(65)59(58-64)63-61(66)55-51-47-43-39-35-31-28-25-23-26-29-33-37-41-45-49-53-57-68-62(67)56-52-48-44-40-36-32-18-16-14-12-10-8-6-4-2/h59-60,64-65H,3-58H2,1-2H3,(H,63,66). The summed E-state index contributed by atoms with van der Waals surface area (Å²) in [5.41, 5.74) is 0. The average molecular weight is 963 g/mol. The zero-order valence-electron chi connectivity index (χ0n) is 46.4. The molecule has 0 aromatic heterocycles. The first-order chi connectivity index (χ1) is 33.5. The third-order valence-corrected chi connectivity index (χ3v) is 14.9. The van der Waals surface area contributed by atoms with Gasteiger partial charge in [0.1, 0.15) is 0 Å². The summed E-state index contributed by atoms with van der Waals surface area (Å²) in [6, 6.07) is -0.545. The molecule has 406 valence electrons. The van der Waals surface area contributed by atoms with Crippen molar-refractivity contribution in [1.82, 2.24) is 5.32 Å². The molecule has 0 aromatic carbocycles. The maximum Gasteiger partial charge on any atom is 0.305 e. The number of hydrogen-bond donors (Lipinski definition) is 3. The van der Waals surface area contributed by atoms with Gasteiger partial charge in [-0.3, -0.25) is 9.59 Å². The van der Waals surface area contributed by atoms with Crippen molar-refractivity contribution in [2.45, 2.75) is 373 Å². The van der Waals surface area contributed by atoms with Crippen molar-refractivity contribution in [3.8, 4) is 0 Å². The van der Waals surface area contributed by atoms with E-state index in [1.807, 2.05) is 0 Å². The van der Waals surface area contributed by atoms with Crippen molar-refractivity contribution in [3.05, 3.63) is 0 Å². The van der Waals surface area contributed by atoms with Gasteiger partial charge in [-0.25, -0.2) is 0 Å². The summed E-state index contributed by atoms with van der Waals surface area (Å²) in [5, 5.41) is 23.4. The van der Waals surface area contributed by atoms with Gasteiger partial charge in [0, 0.05) is 12.8 Å². The van der Waals surface area contributed by atoms with Crippen molar-refractivity contribution in [2.75, 3.05) is 13.2 Å². The molecule has 6 heteroatoms. The Morgan fingerprint density at radius 3 is 0.897 bits per heavy atom. The number of nitrogens with one attached hydrogen (secondary N) is 1. The summed E-state index contributed by atoms with van der Waals surface area (Å²) in [4.78, 5) is 24.6. The van der Waals surface area contributed by atoms with Gasteiger partial charge in [-0.1, -0.05) is 322 Å². The smallest absolute Gasteiger partial charge is 0.305 e. The molecule has 0 rings (SSSR count). The Morgan fingerprint density at radius 2 is 0.603 bits per heavy atom. The van der Waals surface area contributed by atoms with E-state index in [9.17, 15) is 19.8 Å². The number of esters is 1. The van der Waals surface area contributed by atoms with Gasteiger partial charge in [-0.15, -0.1) is 0 Å². The van der Waals surface area contributed by atoms with Crippen molar-refractivity contribution in [2.24, 2.45) is 0 Å². The lowest BCUT2D eigenvalue weighted by Crippen LogP contribution is -2.45. The molecule has 1 amide bonds. The van der Waals surface area contributed by atoms with E-state index in [1.165, 1.54) is 289 Å². The summed E-state index contributed by atoms with van der Waals surface area (Å²) in [6.07, 6.45) is 68.2. The molecule has 0 aliphatic heterocycles. The Kier molecular flexibility index (Phi) is 57.5. The fraction of sp³-hybridized carbons (Fsp3) is 0.968. The molecule has 2 atom stereocenters. The molecule has 0 fully saturated rings. The van der Waals surface area contributed by atoms with Gasteiger partial charge in [0.05, 0.1) is 25.4 Å². The molecule has 0 aliphatic rings. The molecule has 3 N–H and O–H groups in total. The van der Waals surface area contributed by atoms with E-state index in [0.717, 1.165) is 38.5 Å². The molecule has 6 nitrogen and oxygen atoms in total. The van der Waals surface area contributed by atoms with E-state index in [4.69, 9.17) is 4.74 Å². The molecule has 0 heterocycles. The van der Waals surface area contributed by atoms with Crippen molar-refractivity contribution < 1.29 is 24.5 Å². The third kappa shape index (κ3) is 54.2. The first kappa shape index (κ1) is 66.9. The number of amides is 1. The van der Waals surface area contributed by atoms with Crippen LogP contribution < -0.4 is 5.32 Å². The lowest BCUT2D eigenvalue weighted by Gasteiger charge is -2.22. The Balaban J connectivity index is 3.40. The van der Waals surface area contributed by atoms with E-state index in [1.54, 1.807) is 0 Å². The molecule has 0 saturated heterocycles. The topological polar surface area (TPSA) is 95.9 Å². The Bertz CT molecular complexity index is 975. The Labute approximate surface area is 426 Å². The highest BCUT2D eigenvalue weighted by molar-refractivity contribution is 5.76. The largest absolute Gasteiger partial charge is 0.466 e. The minimum Gasteiger partial charge on any atom is -0.466 e. The van der Waals surface area contributed by atoms with Crippen LogP contribution in [0.3, 0.4) is 0 Å². The molecule has 0 radical (unpaired) electrons. The normalized spacial score (nSPS) is 12.5. The quantitative estimate of drug-likeness (QED) is 0.0417. The van der Waals surface area contributed by atoms with Crippen molar-refractivity contribution in [3.63, 3.8) is 0 Å². The van der Waals surface area contributed by atoms with Crippen LogP contribution in [0.15, 0.2) is 0 Å². The average Bonchev–Trinajstić information content (AvgIpc) is 3.34. The highest BCUT2D eigenvalue weighted by Gasteiger charge is 2.20. The van der Waals surface area contributed by atoms with Crippen LogP contribution in [-0.2, 0) is 14.3 Å². The second kappa shape index (κ2) is 58.4. The molecule has 0 aromatic rings. The summed E-state index contributed by atoms with van der Waals surface area (Å²) in [7, 11) is 0. The predicted molar refractivity (Wildman–Crippen MR) is 297 cm³/mol. The first-order valence-corrected chi connectivity index (χ1v) is 31.3. The fourth-order valence-electron chi connectivity index (χ4n) is 10.1. The summed E-state index contributed by atoms with van der Waals surface area (Å²) >= 11 is 0. The number of aliphatic hydroxyl groups excluding tert-OH is 2. The Morgan fingerprint density at radius 1 is 0.353 bits per heavy atom. The second-order valence-electron chi connectivity index (χ2n) is 21.8. The number of hydrogen-bond acceptors (Lipinski definition) is 5. The van der Waals surface area contributed by atoms with Crippen LogP contribution in [-0.4, -0.2) is 47.4 Å². The summed E-state index contributed by atoms with van der Waals surface area (Å²) < 4.78 is 5.48. The van der Waals surface area contributed by atoms with E-state index in [-0.39, 0.29) is 18.5 Å². The summed E-state index contributed by atoms with van der Waals surface area (Å²) in [5.74, 6) is -0.0267. The lowest BCUT2D eigenvalue weighted by molar-refractivity contribution is -0.143. The SMILES string of the molecule is CCCCCCCCCCCCCCCCCCCCCCC(O)C(CO)NC(=O)CCCCCCCCCCCCCCCCCCCOC(=O)CCCCCCCCCCCCCCCC. The first-order valence-electron chi connectivity index (χ1n) is 31.3. The maximum absolute atomic E-state index is 12.5. The molecular weight excluding hydrogens is 839 g/mol. The molecule has 68 heavy (non-hydrogen) atoms. The number of ether oxygens (including phenoxy) is 1. The highest BCUT2D eigenvalue weighted by Crippen LogP contribution is 2.19. The molecule has 2 unspecified atom stereocenters. The number of rotatable bonds is 59. The van der Waals surface area contributed by atoms with Gasteiger partial charge in [0.25, 0.3) is 0 Å². The molecule has 0 bridgehead atoms. The van der Waals surface area contributed by atoms with Gasteiger partial charge >= 0.3 is 5.97 Å². The van der Waals surface area contributed by atoms with E-state index in [0.29, 0.717) is 25.9 Å². The summed E-state index contributed by atoms with van der Waals surface area (Å²) in [6.45, 7) is 4.98. The molecule has 0 saturated carbocycles. The van der Waals surface area contributed by atoms with Crippen LogP contribution in [0.4, 0.5) is 0 Å². The lowest BCUT2D eigenvalue weighted by atomic mass is 10.0. The van der Waals surface area contributed by atoms with E-state index in [2.05, 4.69) is 19.2 Å². The van der Waals surface area contributed by atoms with Crippen LogP contribution in [0.25, 0.3) is 0 Å². The van der Waals surface area contributed by atoms with Crippen molar-refractivity contribution >= 4 is 11.9 Å². The van der Waals surface area contributed by atoms with Gasteiger partial charge in [0.15, 0.2) is 0 Å². The third-order valence-electron chi connectivity index (χ3n) is 14.9. The number of unbranched alkanes of at least 4 members (excludes halogenated alkanes) is 48. The zero-order chi connectivity index (χ0) is 49.3. The molecule has 0 aliphatic carbocycles. The van der Waals surface area contributed by atoms with Crippen LogP contribution in [0, 0.1) is 0 Å². The fourth-order valence-corrected chi connectivity index (χ4v) is 10.1. The molecular formula is C62H123NO5. The second-order valence-corrected chi connectivity index (χ2v) is 21.8. The van der Waals surface area contributed by atoms with Gasteiger partial charge in [-0.2, -0.15) is 0 Å². The maximum atomic E-state index is 12.5. The van der Waals surface area contributed by atoms with Crippen LogP contribution in [0.2, 0.25) is 0 Å². The van der Waals surface area contributed by atoms with E-state index < -0.39 is 12.1 Å². The van der Waals surface area contributed by atoms with Crippen LogP contribution >= 0.6 is 0 Å². The number of aliphatic hydroxyl groups is 2. The van der Waals surface area contributed by atoms with Gasteiger partial charge in [-0.05, 0) is 25.7 Å². The van der Waals surface area contributed by atoms with Gasteiger partial charge < -0.3 is 20.3 Å². The van der Waals surface area contributed by atoms with Crippen molar-refractivity contribution in [1.29, 1.82) is 0 Å². The molecule has 0 spiro atoms. The highest BCUT2D eigenvalue weighted by atomic mass is 16.5. The minimum atomic E-state index is -0.667. The zero-order valence-corrected chi connectivity index (χ0v) is 46.4. The Hall–Kier alpha value is -1.14.